The lowest BCUT2D eigenvalue weighted by Gasteiger charge is -2.16. The fourth-order valence-corrected chi connectivity index (χ4v) is 2.10. The molecule has 1 aliphatic heterocycles. The molecule has 1 saturated heterocycles. The minimum atomic E-state index is 0.741. The quantitative estimate of drug-likeness (QED) is 0.749. The first kappa shape index (κ1) is 10.4. The molecule has 0 spiro atoms. The van der Waals surface area contributed by atoms with E-state index in [9.17, 15) is 0 Å². The zero-order valence-corrected chi connectivity index (χ0v) is 9.26. The van der Waals surface area contributed by atoms with Crippen LogP contribution in [0, 0.1) is 0 Å². The van der Waals surface area contributed by atoms with Gasteiger partial charge in [-0.15, -0.1) is 0 Å². The Hall–Kier alpha value is -1.15. The lowest BCUT2D eigenvalue weighted by molar-refractivity contribution is 0.313. The normalized spacial score (nSPS) is 22.6. The topological polar surface area (TPSA) is 16.1 Å². The van der Waals surface area contributed by atoms with E-state index in [4.69, 9.17) is 0 Å². The van der Waals surface area contributed by atoms with Crippen LogP contribution in [0.15, 0.2) is 30.5 Å². The summed E-state index contributed by atoms with van der Waals surface area (Å²) in [5, 5.41) is 0. The third-order valence-electron chi connectivity index (χ3n) is 3.06. The summed E-state index contributed by atoms with van der Waals surface area (Å²) in [6.45, 7) is 1.25. The van der Waals surface area contributed by atoms with Gasteiger partial charge >= 0.3 is 0 Å². The third-order valence-corrected chi connectivity index (χ3v) is 3.06. The maximum atomic E-state index is 4.26. The second-order valence-electron chi connectivity index (χ2n) is 4.17. The van der Waals surface area contributed by atoms with Gasteiger partial charge in [-0.25, -0.2) is 0 Å². The average molecular weight is 202 g/mol. The lowest BCUT2D eigenvalue weighted by Crippen LogP contribution is -2.23. The summed E-state index contributed by atoms with van der Waals surface area (Å²) < 4.78 is 0. The van der Waals surface area contributed by atoms with Crippen molar-refractivity contribution < 1.29 is 0 Å². The fraction of sp³-hybridized carbons (Fsp3) is 0.462. The highest BCUT2D eigenvalue weighted by molar-refractivity contribution is 5.43. The lowest BCUT2D eigenvalue weighted by atomic mass is 10.1. The van der Waals surface area contributed by atoms with Crippen molar-refractivity contribution in [3.8, 4) is 0 Å². The van der Waals surface area contributed by atoms with Gasteiger partial charge in [-0.3, -0.25) is 4.98 Å². The highest BCUT2D eigenvalue weighted by atomic mass is 15.1. The molecule has 1 fully saturated rings. The molecule has 0 aromatic carbocycles. The van der Waals surface area contributed by atoms with Gasteiger partial charge in [0, 0.05) is 12.2 Å². The summed E-state index contributed by atoms with van der Waals surface area (Å²) in [6.07, 6.45) is 10.0. The van der Waals surface area contributed by atoms with Crippen LogP contribution in [0.4, 0.5) is 0 Å². The van der Waals surface area contributed by atoms with Crippen molar-refractivity contribution in [2.24, 2.45) is 0 Å². The molecule has 80 valence electrons. The van der Waals surface area contributed by atoms with Gasteiger partial charge in [0.1, 0.15) is 0 Å². The van der Waals surface area contributed by atoms with Gasteiger partial charge < -0.3 is 4.90 Å². The number of aromatic nitrogens is 1. The molecule has 15 heavy (non-hydrogen) atoms. The smallest absolute Gasteiger partial charge is 0.0626 e. The van der Waals surface area contributed by atoms with Crippen LogP contribution in [0.3, 0.4) is 0 Å². The Labute approximate surface area is 91.6 Å². The van der Waals surface area contributed by atoms with Crippen LogP contribution in [0.5, 0.6) is 0 Å². The molecule has 2 rings (SSSR count). The van der Waals surface area contributed by atoms with E-state index in [1.54, 1.807) is 0 Å². The number of hydrogen-bond donors (Lipinski definition) is 0. The number of nitrogens with zero attached hydrogens (tertiary/aromatic N) is 2. The second-order valence-corrected chi connectivity index (χ2v) is 4.17. The molecule has 0 amide bonds. The van der Waals surface area contributed by atoms with E-state index in [1.807, 2.05) is 24.4 Å². The Morgan fingerprint density at radius 3 is 3.13 bits per heavy atom. The molecule has 1 atom stereocenters. The van der Waals surface area contributed by atoms with Gasteiger partial charge in [0.2, 0.25) is 0 Å². The van der Waals surface area contributed by atoms with Crippen LogP contribution in [-0.2, 0) is 0 Å². The largest absolute Gasteiger partial charge is 0.303 e. The molecule has 0 saturated carbocycles. The molecular weight excluding hydrogens is 184 g/mol. The van der Waals surface area contributed by atoms with Crippen molar-refractivity contribution in [3.05, 3.63) is 36.2 Å². The summed E-state index contributed by atoms with van der Waals surface area (Å²) in [6, 6.07) is 6.75. The minimum Gasteiger partial charge on any atom is -0.303 e. The molecule has 0 N–H and O–H groups in total. The summed E-state index contributed by atoms with van der Waals surface area (Å²) in [5.41, 5.74) is 1.05. The van der Waals surface area contributed by atoms with E-state index in [-0.39, 0.29) is 0 Å². The maximum Gasteiger partial charge on any atom is 0.0626 e. The molecule has 0 unspecified atom stereocenters. The molecule has 2 nitrogen and oxygen atoms in total. The van der Waals surface area contributed by atoms with Gasteiger partial charge in [0.05, 0.1) is 5.69 Å². The van der Waals surface area contributed by atoms with E-state index in [0.29, 0.717) is 0 Å². The van der Waals surface area contributed by atoms with Crippen LogP contribution in [0.1, 0.15) is 25.0 Å². The molecule has 1 aliphatic rings. The molecule has 2 heteroatoms. The molecular formula is C13H18N2. The van der Waals surface area contributed by atoms with E-state index >= 15 is 0 Å². The Kier molecular flexibility index (Phi) is 3.51. The van der Waals surface area contributed by atoms with Crippen LogP contribution in [0.25, 0.3) is 6.08 Å². The molecule has 0 radical (unpaired) electrons. The van der Waals surface area contributed by atoms with Crippen LogP contribution < -0.4 is 0 Å². The summed E-state index contributed by atoms with van der Waals surface area (Å²) >= 11 is 0. The maximum absolute atomic E-state index is 4.26. The number of likely N-dealkylation sites (tertiary alicyclic amines) is 1. The highest BCUT2D eigenvalue weighted by Gasteiger charge is 2.18. The van der Waals surface area contributed by atoms with Gasteiger partial charge in [-0.05, 0) is 51.1 Å². The Morgan fingerprint density at radius 2 is 2.47 bits per heavy atom. The van der Waals surface area contributed by atoms with Crippen molar-refractivity contribution in [3.63, 3.8) is 0 Å². The predicted octanol–water partition coefficient (Wildman–Crippen LogP) is 2.58. The number of rotatable bonds is 3. The number of hydrogen-bond acceptors (Lipinski definition) is 2. The SMILES string of the molecule is CN1CCC[C@H]1CC=Cc1ccccn1. The zero-order chi connectivity index (χ0) is 10.5. The third kappa shape index (κ3) is 2.90. The zero-order valence-electron chi connectivity index (χ0n) is 9.26. The summed E-state index contributed by atoms with van der Waals surface area (Å²) in [4.78, 5) is 6.71. The van der Waals surface area contributed by atoms with E-state index in [0.717, 1.165) is 18.2 Å². The van der Waals surface area contributed by atoms with Gasteiger partial charge in [-0.2, -0.15) is 0 Å². The van der Waals surface area contributed by atoms with Crippen molar-refractivity contribution in [2.45, 2.75) is 25.3 Å². The second kappa shape index (κ2) is 5.08. The van der Waals surface area contributed by atoms with Crippen molar-refractivity contribution in [2.75, 3.05) is 13.6 Å². The Balaban J connectivity index is 1.85. The first-order valence-corrected chi connectivity index (χ1v) is 5.64. The minimum absolute atomic E-state index is 0.741. The Morgan fingerprint density at radius 1 is 1.53 bits per heavy atom. The standard InChI is InChI=1S/C13H18N2/c1-15-11-5-9-13(15)8-4-7-12-6-2-3-10-14-12/h2-4,6-7,10,13H,5,8-9,11H2,1H3/t13-/m1/s1. The highest BCUT2D eigenvalue weighted by Crippen LogP contribution is 2.18. The van der Waals surface area contributed by atoms with Gasteiger partial charge in [-0.1, -0.05) is 12.1 Å². The molecule has 2 heterocycles. The van der Waals surface area contributed by atoms with E-state index in [1.165, 1.54) is 19.4 Å². The monoisotopic (exact) mass is 202 g/mol. The summed E-state index contributed by atoms with van der Waals surface area (Å²) in [5.74, 6) is 0. The van der Waals surface area contributed by atoms with Crippen molar-refractivity contribution >= 4 is 6.08 Å². The van der Waals surface area contributed by atoms with Crippen molar-refractivity contribution in [1.82, 2.24) is 9.88 Å². The Bertz CT molecular complexity index is 319. The summed E-state index contributed by atoms with van der Waals surface area (Å²) in [7, 11) is 2.21. The fourth-order valence-electron chi connectivity index (χ4n) is 2.10. The van der Waals surface area contributed by atoms with Crippen LogP contribution in [-0.4, -0.2) is 29.5 Å². The molecule has 1 aromatic heterocycles. The van der Waals surface area contributed by atoms with Crippen LogP contribution >= 0.6 is 0 Å². The van der Waals surface area contributed by atoms with E-state index < -0.39 is 0 Å². The van der Waals surface area contributed by atoms with Crippen LogP contribution in [0.2, 0.25) is 0 Å². The first-order valence-electron chi connectivity index (χ1n) is 5.64. The van der Waals surface area contributed by atoms with Crippen molar-refractivity contribution in [1.29, 1.82) is 0 Å². The van der Waals surface area contributed by atoms with E-state index in [2.05, 4.69) is 29.1 Å². The predicted molar refractivity (Wildman–Crippen MR) is 63.5 cm³/mol. The molecule has 0 bridgehead atoms. The average Bonchev–Trinajstić information content (AvgIpc) is 2.66. The van der Waals surface area contributed by atoms with Gasteiger partial charge in [0.25, 0.3) is 0 Å². The molecule has 1 aromatic rings. The molecule has 0 aliphatic carbocycles. The number of pyridine rings is 1. The first-order chi connectivity index (χ1) is 7.36. The van der Waals surface area contributed by atoms with Gasteiger partial charge in [0.15, 0.2) is 0 Å².